The molecule has 1 atom stereocenters. The summed E-state index contributed by atoms with van der Waals surface area (Å²) in [5.41, 5.74) is 0. The highest BCUT2D eigenvalue weighted by atomic mass is 28.4. The first-order valence-electron chi connectivity index (χ1n) is 9.48. The second-order valence-corrected chi connectivity index (χ2v) is 12.9. The lowest BCUT2D eigenvalue weighted by Gasteiger charge is -2.38. The molecule has 0 unspecified atom stereocenters. The Bertz CT molecular complexity index is 413. The Balaban J connectivity index is 4.47. The van der Waals surface area contributed by atoms with Crippen LogP contribution in [0.3, 0.4) is 0 Å². The molecule has 0 heterocycles. The number of aliphatic carboxylic acids is 1. The van der Waals surface area contributed by atoms with Gasteiger partial charge in [0.25, 0.3) is 0 Å². The Kier molecular flexibility index (Phi) is 11.3. The number of hydrogen-bond donors (Lipinski definition) is 1. The van der Waals surface area contributed by atoms with Gasteiger partial charge in [0.15, 0.2) is 8.32 Å². The lowest BCUT2D eigenvalue weighted by Crippen LogP contribution is -2.43. The van der Waals surface area contributed by atoms with Crippen LogP contribution >= 0.6 is 0 Å². The Morgan fingerprint density at radius 3 is 2.25 bits per heavy atom. The third-order valence-electron chi connectivity index (χ3n) is 4.78. The fourth-order valence-electron chi connectivity index (χ4n) is 2.13. The molecular weight excluding hydrogens is 316 g/mol. The fraction of sp³-hybridized carbons (Fsp3) is 0.850. The molecule has 0 bridgehead atoms. The minimum Gasteiger partial charge on any atom is -0.481 e. The average Bonchev–Trinajstić information content (AvgIpc) is 2.45. The predicted octanol–water partition coefficient (Wildman–Crippen LogP) is 6.00. The topological polar surface area (TPSA) is 46.5 Å². The van der Waals surface area contributed by atoms with Crippen LogP contribution in [0.15, 0.2) is 0 Å². The minimum atomic E-state index is -1.93. The third-order valence-corrected chi connectivity index (χ3v) is 9.27. The zero-order valence-electron chi connectivity index (χ0n) is 16.7. The molecule has 1 N–H and O–H groups in total. The molecular formula is C20H38O3Si. The van der Waals surface area contributed by atoms with Gasteiger partial charge in [-0.2, -0.15) is 0 Å². The second-order valence-electron chi connectivity index (χ2n) is 8.14. The van der Waals surface area contributed by atoms with E-state index in [2.05, 4.69) is 52.6 Å². The second kappa shape index (κ2) is 11.7. The monoisotopic (exact) mass is 354 g/mol. The molecule has 24 heavy (non-hydrogen) atoms. The lowest BCUT2D eigenvalue weighted by atomic mass is 10.1. The standard InChI is InChI=1S/C20H38O3Si/c1-7-8-9-10-11-12-13-14-15-18(16-17-19(21)22)23-24(5,6)20(2,3)4/h18H,7-13,16-17H2,1-6H3,(H,21,22)/t18-/m0/s1. The summed E-state index contributed by atoms with van der Waals surface area (Å²) in [7, 11) is -1.93. The number of hydrogen-bond acceptors (Lipinski definition) is 2. The van der Waals surface area contributed by atoms with Crippen LogP contribution in [0.4, 0.5) is 0 Å². The maximum Gasteiger partial charge on any atom is 0.303 e. The van der Waals surface area contributed by atoms with Crippen molar-refractivity contribution in [1.29, 1.82) is 0 Å². The molecule has 0 aliphatic heterocycles. The summed E-state index contributed by atoms with van der Waals surface area (Å²) in [6.45, 7) is 13.2. The molecule has 4 heteroatoms. The van der Waals surface area contributed by atoms with Gasteiger partial charge in [0.1, 0.15) is 6.10 Å². The molecule has 0 rings (SSSR count). The van der Waals surface area contributed by atoms with Crippen molar-refractivity contribution in [3.63, 3.8) is 0 Å². The van der Waals surface area contributed by atoms with Gasteiger partial charge in [0.05, 0.1) is 0 Å². The molecule has 0 aromatic carbocycles. The van der Waals surface area contributed by atoms with Crippen LogP contribution in [0, 0.1) is 11.8 Å². The van der Waals surface area contributed by atoms with Crippen LogP contribution < -0.4 is 0 Å². The maximum absolute atomic E-state index is 10.9. The molecule has 0 aliphatic rings. The normalized spacial score (nSPS) is 13.2. The summed E-state index contributed by atoms with van der Waals surface area (Å²) < 4.78 is 6.31. The summed E-state index contributed by atoms with van der Waals surface area (Å²) in [5, 5.41) is 9.05. The van der Waals surface area contributed by atoms with Gasteiger partial charge in [-0.15, -0.1) is 5.92 Å². The van der Waals surface area contributed by atoms with Crippen LogP contribution in [0.1, 0.15) is 85.5 Å². The van der Waals surface area contributed by atoms with Gasteiger partial charge in [-0.3, -0.25) is 4.79 Å². The molecule has 3 nitrogen and oxygen atoms in total. The van der Waals surface area contributed by atoms with Crippen molar-refractivity contribution in [2.75, 3.05) is 0 Å². The van der Waals surface area contributed by atoms with E-state index >= 15 is 0 Å². The minimum absolute atomic E-state index is 0.107. The summed E-state index contributed by atoms with van der Waals surface area (Å²) in [6.07, 6.45) is 8.80. The van der Waals surface area contributed by atoms with Crippen molar-refractivity contribution in [3.05, 3.63) is 0 Å². The highest BCUT2D eigenvalue weighted by molar-refractivity contribution is 6.74. The largest absolute Gasteiger partial charge is 0.481 e. The van der Waals surface area contributed by atoms with Crippen molar-refractivity contribution in [2.45, 2.75) is 110 Å². The molecule has 0 spiro atoms. The van der Waals surface area contributed by atoms with E-state index in [9.17, 15) is 4.79 Å². The number of unbranched alkanes of at least 4 members (excludes halogenated alkanes) is 6. The molecule has 0 radical (unpaired) electrons. The van der Waals surface area contributed by atoms with Gasteiger partial charge in [-0.05, 0) is 31.0 Å². The van der Waals surface area contributed by atoms with E-state index in [0.29, 0.717) is 6.42 Å². The van der Waals surface area contributed by atoms with Crippen molar-refractivity contribution in [3.8, 4) is 11.8 Å². The first kappa shape index (κ1) is 23.2. The number of carboxylic acids is 1. The van der Waals surface area contributed by atoms with Crippen LogP contribution in [0.5, 0.6) is 0 Å². The first-order chi connectivity index (χ1) is 11.1. The zero-order valence-corrected chi connectivity index (χ0v) is 17.7. The first-order valence-corrected chi connectivity index (χ1v) is 12.4. The van der Waals surface area contributed by atoms with Crippen molar-refractivity contribution in [2.24, 2.45) is 0 Å². The molecule has 0 aromatic heterocycles. The van der Waals surface area contributed by atoms with Crippen LogP contribution in [-0.4, -0.2) is 25.5 Å². The van der Waals surface area contributed by atoms with Crippen LogP contribution in [-0.2, 0) is 9.22 Å². The van der Waals surface area contributed by atoms with Gasteiger partial charge in [0.2, 0.25) is 0 Å². The molecule has 140 valence electrons. The Morgan fingerprint density at radius 2 is 1.71 bits per heavy atom. The summed E-state index contributed by atoms with van der Waals surface area (Å²) >= 11 is 0. The van der Waals surface area contributed by atoms with Gasteiger partial charge in [0, 0.05) is 12.8 Å². The highest BCUT2D eigenvalue weighted by Crippen LogP contribution is 2.37. The van der Waals surface area contributed by atoms with E-state index in [1.165, 1.54) is 32.1 Å². The fourth-order valence-corrected chi connectivity index (χ4v) is 3.37. The van der Waals surface area contributed by atoms with E-state index in [-0.39, 0.29) is 17.6 Å². The predicted molar refractivity (Wildman–Crippen MR) is 105 cm³/mol. The Labute approximate surface area is 150 Å². The molecule has 0 aliphatic carbocycles. The van der Waals surface area contributed by atoms with E-state index < -0.39 is 14.3 Å². The Morgan fingerprint density at radius 1 is 1.12 bits per heavy atom. The van der Waals surface area contributed by atoms with Crippen molar-refractivity contribution in [1.82, 2.24) is 0 Å². The molecule has 0 saturated heterocycles. The van der Waals surface area contributed by atoms with Gasteiger partial charge in [-0.25, -0.2) is 0 Å². The number of rotatable bonds is 11. The van der Waals surface area contributed by atoms with Crippen LogP contribution in [0.25, 0.3) is 0 Å². The van der Waals surface area contributed by atoms with E-state index in [1.807, 2.05) is 0 Å². The van der Waals surface area contributed by atoms with E-state index in [0.717, 1.165) is 12.8 Å². The maximum atomic E-state index is 10.9. The third kappa shape index (κ3) is 10.9. The van der Waals surface area contributed by atoms with Crippen LogP contribution in [0.2, 0.25) is 18.1 Å². The molecule has 0 amide bonds. The van der Waals surface area contributed by atoms with E-state index in [1.54, 1.807) is 0 Å². The smallest absolute Gasteiger partial charge is 0.303 e. The van der Waals surface area contributed by atoms with Gasteiger partial charge >= 0.3 is 5.97 Å². The Hall–Kier alpha value is -0.793. The van der Waals surface area contributed by atoms with Gasteiger partial charge in [-0.1, -0.05) is 65.7 Å². The highest BCUT2D eigenvalue weighted by Gasteiger charge is 2.38. The quantitative estimate of drug-likeness (QED) is 0.281. The molecule has 0 saturated carbocycles. The number of carboxylic acid groups (broad SMARTS) is 1. The average molecular weight is 355 g/mol. The summed E-state index contributed by atoms with van der Waals surface area (Å²) in [6, 6.07) is 0. The molecule has 0 aromatic rings. The molecule has 0 fully saturated rings. The summed E-state index contributed by atoms with van der Waals surface area (Å²) in [5.74, 6) is 5.65. The van der Waals surface area contributed by atoms with Crippen molar-refractivity contribution < 1.29 is 14.3 Å². The lowest BCUT2D eigenvalue weighted by molar-refractivity contribution is -0.137. The number of carbonyl (C=O) groups is 1. The van der Waals surface area contributed by atoms with Gasteiger partial charge < -0.3 is 9.53 Å². The summed E-state index contributed by atoms with van der Waals surface area (Å²) in [4.78, 5) is 10.9. The zero-order chi connectivity index (χ0) is 18.6. The van der Waals surface area contributed by atoms with Crippen molar-refractivity contribution >= 4 is 14.3 Å². The SMILES string of the molecule is CCCCCCCCC#C[C@@H](CCC(=O)O)O[Si](C)(C)C(C)(C)C. The van der Waals surface area contributed by atoms with E-state index in [4.69, 9.17) is 9.53 Å².